The van der Waals surface area contributed by atoms with Crippen molar-refractivity contribution in [1.29, 1.82) is 0 Å². The third kappa shape index (κ3) is 3.16. The highest BCUT2D eigenvalue weighted by Crippen LogP contribution is 2.04. The summed E-state index contributed by atoms with van der Waals surface area (Å²) < 4.78 is 6.17. The summed E-state index contributed by atoms with van der Waals surface area (Å²) in [6.45, 7) is 0.743. The molecule has 0 aliphatic rings. The molecule has 2 nitrogen and oxygen atoms in total. The van der Waals surface area contributed by atoms with Crippen LogP contribution in [0.2, 0.25) is 0 Å². The molecule has 0 aromatic carbocycles. The van der Waals surface area contributed by atoms with Gasteiger partial charge in [-0.1, -0.05) is 0 Å². The number of nitrogens with zero attached hydrogens (tertiary/aromatic N) is 1. The van der Waals surface area contributed by atoms with Crippen LogP contribution >= 0.6 is 22.6 Å². The summed E-state index contributed by atoms with van der Waals surface area (Å²) in [5.41, 5.74) is 1.10. The van der Waals surface area contributed by atoms with E-state index in [1.165, 1.54) is 3.57 Å². The van der Waals surface area contributed by atoms with Crippen LogP contribution in [0.3, 0.4) is 0 Å². The maximum Gasteiger partial charge on any atom is 0.0517 e. The number of ether oxygens (including phenoxy) is 1. The van der Waals surface area contributed by atoms with Crippen LogP contribution in [0.25, 0.3) is 0 Å². The quantitative estimate of drug-likeness (QED) is 0.777. The molecule has 0 radical (unpaired) electrons. The van der Waals surface area contributed by atoms with Crippen molar-refractivity contribution in [1.82, 2.24) is 4.98 Å². The van der Waals surface area contributed by atoms with Crippen LogP contribution in [0.1, 0.15) is 5.69 Å². The molecule has 1 rings (SSSR count). The maximum absolute atomic E-state index is 4.94. The second kappa shape index (κ2) is 4.66. The first kappa shape index (κ1) is 8.93. The van der Waals surface area contributed by atoms with E-state index in [9.17, 15) is 0 Å². The molecular formula is C8H10INO. The molecular weight excluding hydrogens is 253 g/mol. The van der Waals surface area contributed by atoms with E-state index in [1.807, 2.05) is 12.3 Å². The van der Waals surface area contributed by atoms with Gasteiger partial charge < -0.3 is 4.74 Å². The second-order valence-corrected chi connectivity index (χ2v) is 3.45. The Bertz CT molecular complexity index is 227. The van der Waals surface area contributed by atoms with Gasteiger partial charge in [-0.15, -0.1) is 0 Å². The van der Waals surface area contributed by atoms with E-state index in [2.05, 4.69) is 33.6 Å². The van der Waals surface area contributed by atoms with Crippen LogP contribution in [0.15, 0.2) is 18.3 Å². The van der Waals surface area contributed by atoms with Gasteiger partial charge in [0.25, 0.3) is 0 Å². The van der Waals surface area contributed by atoms with E-state index < -0.39 is 0 Å². The molecule has 60 valence electrons. The molecule has 0 aliphatic carbocycles. The fourth-order valence-corrected chi connectivity index (χ4v) is 1.31. The molecule has 1 aromatic rings. The molecule has 0 saturated carbocycles. The average Bonchev–Trinajstić information content (AvgIpc) is 2.01. The molecule has 0 aliphatic heterocycles. The van der Waals surface area contributed by atoms with Crippen molar-refractivity contribution in [2.24, 2.45) is 0 Å². The van der Waals surface area contributed by atoms with E-state index in [-0.39, 0.29) is 0 Å². The van der Waals surface area contributed by atoms with Crippen LogP contribution < -0.4 is 0 Å². The van der Waals surface area contributed by atoms with Crippen LogP contribution in [-0.2, 0) is 11.2 Å². The minimum absolute atomic E-state index is 0.743. The van der Waals surface area contributed by atoms with Crippen molar-refractivity contribution in [2.75, 3.05) is 13.7 Å². The lowest BCUT2D eigenvalue weighted by atomic mass is 10.3. The standard InChI is InChI=1S/C8H10INO/c1-11-5-3-8-6-7(9)2-4-10-8/h2,4,6H,3,5H2,1H3. The van der Waals surface area contributed by atoms with Crippen molar-refractivity contribution in [3.05, 3.63) is 27.6 Å². The highest BCUT2D eigenvalue weighted by Gasteiger charge is 1.93. The molecule has 1 aromatic heterocycles. The zero-order valence-electron chi connectivity index (χ0n) is 6.38. The van der Waals surface area contributed by atoms with Gasteiger partial charge in [0.15, 0.2) is 0 Å². The predicted octanol–water partition coefficient (Wildman–Crippen LogP) is 1.88. The van der Waals surface area contributed by atoms with E-state index in [4.69, 9.17) is 4.74 Å². The molecule has 3 heteroatoms. The van der Waals surface area contributed by atoms with Gasteiger partial charge in [0, 0.05) is 29.0 Å². The minimum Gasteiger partial charge on any atom is -0.384 e. The third-order valence-corrected chi connectivity index (χ3v) is 2.01. The van der Waals surface area contributed by atoms with Crippen LogP contribution in [-0.4, -0.2) is 18.7 Å². The highest BCUT2D eigenvalue weighted by molar-refractivity contribution is 14.1. The lowest BCUT2D eigenvalue weighted by Gasteiger charge is -1.98. The first-order valence-corrected chi connectivity index (χ1v) is 4.50. The largest absolute Gasteiger partial charge is 0.384 e. The lowest BCUT2D eigenvalue weighted by molar-refractivity contribution is 0.201. The van der Waals surface area contributed by atoms with Crippen molar-refractivity contribution >= 4 is 22.6 Å². The summed E-state index contributed by atoms with van der Waals surface area (Å²) >= 11 is 2.28. The van der Waals surface area contributed by atoms with Gasteiger partial charge in [-0.05, 0) is 34.7 Å². The lowest BCUT2D eigenvalue weighted by Crippen LogP contribution is -1.96. The number of hydrogen-bond acceptors (Lipinski definition) is 2. The summed E-state index contributed by atoms with van der Waals surface area (Å²) in [5.74, 6) is 0. The first-order chi connectivity index (χ1) is 5.33. The molecule has 0 unspecified atom stereocenters. The monoisotopic (exact) mass is 263 g/mol. The Morgan fingerprint density at radius 2 is 2.45 bits per heavy atom. The van der Waals surface area contributed by atoms with E-state index in [0.717, 1.165) is 18.7 Å². The van der Waals surface area contributed by atoms with Crippen molar-refractivity contribution in [3.8, 4) is 0 Å². The Balaban J connectivity index is 2.56. The van der Waals surface area contributed by atoms with Gasteiger partial charge in [-0.2, -0.15) is 0 Å². The number of methoxy groups -OCH3 is 1. The summed E-state index contributed by atoms with van der Waals surface area (Å²) in [6.07, 6.45) is 2.72. The number of halogens is 1. The molecule has 0 bridgehead atoms. The number of rotatable bonds is 3. The van der Waals surface area contributed by atoms with Crippen molar-refractivity contribution in [2.45, 2.75) is 6.42 Å². The van der Waals surface area contributed by atoms with Crippen LogP contribution in [0.4, 0.5) is 0 Å². The van der Waals surface area contributed by atoms with Crippen LogP contribution in [0.5, 0.6) is 0 Å². The van der Waals surface area contributed by atoms with E-state index >= 15 is 0 Å². The van der Waals surface area contributed by atoms with Gasteiger partial charge in [-0.25, -0.2) is 0 Å². The fraction of sp³-hybridized carbons (Fsp3) is 0.375. The topological polar surface area (TPSA) is 22.1 Å². The average molecular weight is 263 g/mol. The Morgan fingerprint density at radius 1 is 1.64 bits per heavy atom. The first-order valence-electron chi connectivity index (χ1n) is 3.42. The summed E-state index contributed by atoms with van der Waals surface area (Å²) in [5, 5.41) is 0. The van der Waals surface area contributed by atoms with Gasteiger partial charge in [0.2, 0.25) is 0 Å². The van der Waals surface area contributed by atoms with E-state index in [0.29, 0.717) is 0 Å². The molecule has 0 fully saturated rings. The number of hydrogen-bond donors (Lipinski definition) is 0. The van der Waals surface area contributed by atoms with Crippen LogP contribution in [0, 0.1) is 3.57 Å². The molecule has 0 amide bonds. The fourth-order valence-electron chi connectivity index (χ4n) is 0.792. The zero-order valence-corrected chi connectivity index (χ0v) is 8.54. The normalized spacial score (nSPS) is 10.0. The molecule has 1 heterocycles. The Hall–Kier alpha value is -0.160. The van der Waals surface area contributed by atoms with Gasteiger partial charge in [0.1, 0.15) is 0 Å². The van der Waals surface area contributed by atoms with Crippen molar-refractivity contribution < 1.29 is 4.74 Å². The molecule has 0 N–H and O–H groups in total. The van der Waals surface area contributed by atoms with Gasteiger partial charge in [0.05, 0.1) is 6.61 Å². The summed E-state index contributed by atoms with van der Waals surface area (Å²) in [4.78, 5) is 4.19. The predicted molar refractivity (Wildman–Crippen MR) is 52.5 cm³/mol. The minimum atomic E-state index is 0.743. The summed E-state index contributed by atoms with van der Waals surface area (Å²) in [7, 11) is 1.70. The third-order valence-electron chi connectivity index (χ3n) is 1.34. The highest BCUT2D eigenvalue weighted by atomic mass is 127. The smallest absolute Gasteiger partial charge is 0.0517 e. The maximum atomic E-state index is 4.94. The SMILES string of the molecule is COCCc1cc(I)ccn1. The number of aromatic nitrogens is 1. The Kier molecular flexibility index (Phi) is 3.79. The molecule has 0 atom stereocenters. The number of pyridine rings is 1. The summed E-state index contributed by atoms with van der Waals surface area (Å²) in [6, 6.07) is 4.05. The van der Waals surface area contributed by atoms with Crippen molar-refractivity contribution in [3.63, 3.8) is 0 Å². The zero-order chi connectivity index (χ0) is 8.10. The van der Waals surface area contributed by atoms with Gasteiger partial charge in [-0.3, -0.25) is 4.98 Å². The molecule has 0 saturated heterocycles. The molecule has 11 heavy (non-hydrogen) atoms. The molecule has 0 spiro atoms. The van der Waals surface area contributed by atoms with Gasteiger partial charge >= 0.3 is 0 Å². The van der Waals surface area contributed by atoms with E-state index in [1.54, 1.807) is 7.11 Å². The second-order valence-electron chi connectivity index (χ2n) is 2.21. The Morgan fingerprint density at radius 3 is 3.09 bits per heavy atom. The Labute approximate surface area is 80.1 Å².